The minimum Gasteiger partial charge on any atom is -0.497 e. The lowest BCUT2D eigenvalue weighted by atomic mass is 10.1. The van der Waals surface area contributed by atoms with Gasteiger partial charge >= 0.3 is 0 Å². The molecule has 1 amide bonds. The summed E-state index contributed by atoms with van der Waals surface area (Å²) in [7, 11) is 3.40. The number of halogens is 1. The monoisotopic (exact) mass is 369 g/mol. The highest BCUT2D eigenvalue weighted by molar-refractivity contribution is 7.14. The van der Waals surface area contributed by atoms with Crippen LogP contribution in [0.15, 0.2) is 54.6 Å². The fourth-order valence-electron chi connectivity index (χ4n) is 2.77. The number of ether oxygens (including phenoxy) is 1. The molecule has 2 aromatic carbocycles. The zero-order chi connectivity index (χ0) is 18.7. The van der Waals surface area contributed by atoms with Crippen molar-refractivity contribution in [2.75, 3.05) is 14.2 Å². The number of carbonyl (C=O) groups excluding carboxylic acids is 1. The van der Waals surface area contributed by atoms with E-state index in [4.69, 9.17) is 4.74 Å². The maximum atomic E-state index is 13.0. The smallest absolute Gasteiger partial charge is 0.263 e. The Morgan fingerprint density at radius 3 is 2.38 bits per heavy atom. The third kappa shape index (κ3) is 3.94. The maximum absolute atomic E-state index is 13.0. The molecule has 3 aromatic rings. The van der Waals surface area contributed by atoms with Crippen molar-refractivity contribution in [3.63, 3.8) is 0 Å². The summed E-state index contributed by atoms with van der Waals surface area (Å²) in [5.74, 6) is 0.486. The lowest BCUT2D eigenvalue weighted by Gasteiger charge is -2.16. The quantitative estimate of drug-likeness (QED) is 0.623. The Balaban J connectivity index is 1.78. The molecule has 0 aliphatic rings. The first-order valence-corrected chi connectivity index (χ1v) is 9.04. The van der Waals surface area contributed by atoms with Crippen LogP contribution in [0.25, 0.3) is 11.1 Å². The van der Waals surface area contributed by atoms with Crippen molar-refractivity contribution in [3.8, 4) is 16.9 Å². The molecule has 1 heterocycles. The molecule has 0 atom stereocenters. The Hall–Kier alpha value is -2.66. The van der Waals surface area contributed by atoms with Gasteiger partial charge in [0.25, 0.3) is 5.91 Å². The molecule has 0 saturated carbocycles. The number of rotatable bonds is 5. The van der Waals surface area contributed by atoms with Gasteiger partial charge in [0.2, 0.25) is 0 Å². The fourth-order valence-corrected chi connectivity index (χ4v) is 3.80. The van der Waals surface area contributed by atoms with Crippen molar-refractivity contribution in [3.05, 3.63) is 75.7 Å². The van der Waals surface area contributed by atoms with Gasteiger partial charge in [-0.2, -0.15) is 0 Å². The van der Waals surface area contributed by atoms with Crippen LogP contribution < -0.4 is 4.74 Å². The minimum atomic E-state index is -0.277. The second-order valence-corrected chi connectivity index (χ2v) is 7.35. The lowest BCUT2D eigenvalue weighted by Crippen LogP contribution is -2.25. The summed E-state index contributed by atoms with van der Waals surface area (Å²) in [5, 5.41) is 0. The highest BCUT2D eigenvalue weighted by Crippen LogP contribution is 2.32. The number of benzene rings is 2. The van der Waals surface area contributed by atoms with Gasteiger partial charge in [-0.05, 0) is 53.9 Å². The van der Waals surface area contributed by atoms with E-state index in [-0.39, 0.29) is 11.7 Å². The molecule has 3 nitrogen and oxygen atoms in total. The molecule has 0 aliphatic carbocycles. The van der Waals surface area contributed by atoms with E-state index < -0.39 is 0 Å². The van der Waals surface area contributed by atoms with E-state index >= 15 is 0 Å². The summed E-state index contributed by atoms with van der Waals surface area (Å²) in [6, 6.07) is 15.9. The maximum Gasteiger partial charge on any atom is 0.263 e. The van der Waals surface area contributed by atoms with Crippen LogP contribution in [0.4, 0.5) is 4.39 Å². The van der Waals surface area contributed by atoms with Gasteiger partial charge < -0.3 is 9.64 Å². The van der Waals surface area contributed by atoms with Crippen molar-refractivity contribution in [1.29, 1.82) is 0 Å². The van der Waals surface area contributed by atoms with Gasteiger partial charge in [0.1, 0.15) is 11.6 Å². The van der Waals surface area contributed by atoms with Crippen LogP contribution in [0.2, 0.25) is 0 Å². The average molecular weight is 369 g/mol. The second-order valence-electron chi connectivity index (χ2n) is 6.10. The van der Waals surface area contributed by atoms with Crippen LogP contribution in [-0.4, -0.2) is 25.0 Å². The van der Waals surface area contributed by atoms with Crippen LogP contribution >= 0.6 is 11.3 Å². The normalized spacial score (nSPS) is 10.6. The van der Waals surface area contributed by atoms with Crippen LogP contribution in [0.3, 0.4) is 0 Å². The van der Waals surface area contributed by atoms with Gasteiger partial charge in [-0.25, -0.2) is 4.39 Å². The van der Waals surface area contributed by atoms with Crippen molar-refractivity contribution in [1.82, 2.24) is 4.90 Å². The number of aryl methyl sites for hydroxylation is 1. The number of hydrogen-bond acceptors (Lipinski definition) is 3. The summed E-state index contributed by atoms with van der Waals surface area (Å²) in [4.78, 5) is 16.2. The van der Waals surface area contributed by atoms with E-state index in [1.54, 1.807) is 31.2 Å². The molecule has 0 aliphatic heterocycles. The Kier molecular flexibility index (Phi) is 5.38. The fraction of sp³-hybridized carbons (Fsp3) is 0.190. The van der Waals surface area contributed by atoms with Gasteiger partial charge in [0, 0.05) is 18.5 Å². The van der Waals surface area contributed by atoms with Crippen molar-refractivity contribution in [2.24, 2.45) is 0 Å². The van der Waals surface area contributed by atoms with E-state index in [1.807, 2.05) is 37.3 Å². The number of carbonyl (C=O) groups is 1. The second kappa shape index (κ2) is 7.70. The molecule has 0 bridgehead atoms. The zero-order valence-corrected chi connectivity index (χ0v) is 15.8. The van der Waals surface area contributed by atoms with E-state index in [9.17, 15) is 9.18 Å². The van der Waals surface area contributed by atoms with Crippen molar-refractivity contribution < 1.29 is 13.9 Å². The van der Waals surface area contributed by atoms with Crippen molar-refractivity contribution in [2.45, 2.75) is 13.5 Å². The number of methoxy groups -OCH3 is 1. The summed E-state index contributed by atoms with van der Waals surface area (Å²) >= 11 is 1.49. The Bertz CT molecular complexity index is 901. The van der Waals surface area contributed by atoms with Crippen LogP contribution in [0.1, 0.15) is 20.1 Å². The Labute approximate surface area is 156 Å². The SMILES string of the molecule is COc1ccc(-c2cc(C(=O)N(C)Cc3ccc(F)cc3)sc2C)cc1. The first-order valence-electron chi connectivity index (χ1n) is 8.22. The van der Waals surface area contributed by atoms with E-state index in [2.05, 4.69) is 0 Å². The predicted molar refractivity (Wildman–Crippen MR) is 103 cm³/mol. The summed E-state index contributed by atoms with van der Waals surface area (Å²) in [5.41, 5.74) is 3.00. The van der Waals surface area contributed by atoms with E-state index in [0.717, 1.165) is 27.3 Å². The summed E-state index contributed by atoms with van der Waals surface area (Å²) in [6.07, 6.45) is 0. The first kappa shape index (κ1) is 18.1. The number of amides is 1. The van der Waals surface area contributed by atoms with Gasteiger partial charge in [0.05, 0.1) is 12.0 Å². The van der Waals surface area contributed by atoms with Crippen LogP contribution in [0, 0.1) is 12.7 Å². The Morgan fingerprint density at radius 1 is 1.12 bits per heavy atom. The molecule has 134 valence electrons. The highest BCUT2D eigenvalue weighted by Gasteiger charge is 2.17. The Morgan fingerprint density at radius 2 is 1.77 bits per heavy atom. The lowest BCUT2D eigenvalue weighted by molar-refractivity contribution is 0.0790. The topological polar surface area (TPSA) is 29.5 Å². The largest absolute Gasteiger partial charge is 0.497 e. The van der Waals surface area contributed by atoms with Gasteiger partial charge in [-0.1, -0.05) is 24.3 Å². The summed E-state index contributed by atoms with van der Waals surface area (Å²) in [6.45, 7) is 2.45. The van der Waals surface area contributed by atoms with Gasteiger partial charge in [-0.3, -0.25) is 4.79 Å². The molecule has 5 heteroatoms. The van der Waals surface area contributed by atoms with E-state index in [0.29, 0.717) is 11.4 Å². The third-order valence-electron chi connectivity index (χ3n) is 4.21. The molecule has 0 N–H and O–H groups in total. The number of nitrogens with zero attached hydrogens (tertiary/aromatic N) is 1. The zero-order valence-electron chi connectivity index (χ0n) is 15.0. The first-order chi connectivity index (χ1) is 12.5. The predicted octanol–water partition coefficient (Wildman–Crippen LogP) is 5.14. The molecule has 0 saturated heterocycles. The minimum absolute atomic E-state index is 0.0396. The molecular formula is C21H20FNO2S. The molecule has 0 spiro atoms. The molecular weight excluding hydrogens is 349 g/mol. The summed E-state index contributed by atoms with van der Waals surface area (Å²) < 4.78 is 18.2. The van der Waals surface area contributed by atoms with E-state index in [1.165, 1.54) is 23.5 Å². The standard InChI is InChI=1S/C21H20FNO2S/c1-14-19(16-6-10-18(25-3)11-7-16)12-20(26-14)21(24)23(2)13-15-4-8-17(22)9-5-15/h4-12H,13H2,1-3H3. The highest BCUT2D eigenvalue weighted by atomic mass is 32.1. The van der Waals surface area contributed by atoms with Gasteiger partial charge in [0.15, 0.2) is 0 Å². The molecule has 1 aromatic heterocycles. The molecule has 0 fully saturated rings. The molecule has 3 rings (SSSR count). The number of hydrogen-bond donors (Lipinski definition) is 0. The molecule has 26 heavy (non-hydrogen) atoms. The van der Waals surface area contributed by atoms with Crippen LogP contribution in [-0.2, 0) is 6.54 Å². The van der Waals surface area contributed by atoms with Crippen LogP contribution in [0.5, 0.6) is 5.75 Å². The van der Waals surface area contributed by atoms with Crippen molar-refractivity contribution >= 4 is 17.2 Å². The molecule has 0 radical (unpaired) electrons. The third-order valence-corrected chi connectivity index (χ3v) is 5.25. The average Bonchev–Trinajstić information content (AvgIpc) is 3.04. The number of thiophene rings is 1. The molecule has 0 unspecified atom stereocenters. The van der Waals surface area contributed by atoms with Gasteiger partial charge in [-0.15, -0.1) is 11.3 Å².